The molecule has 1 aliphatic rings. The molecule has 3 nitrogen and oxygen atoms in total. The van der Waals surface area contributed by atoms with Gasteiger partial charge in [-0.15, -0.1) is 0 Å². The Hall–Kier alpha value is -0.540. The molecule has 0 amide bonds. The monoisotopic (exact) mass is 201 g/mol. The van der Waals surface area contributed by atoms with Gasteiger partial charge in [0.2, 0.25) is 0 Å². The van der Waals surface area contributed by atoms with Gasteiger partial charge in [0.05, 0.1) is 5.76 Å². The van der Waals surface area contributed by atoms with E-state index in [0.29, 0.717) is 5.76 Å². The molecule has 0 saturated carbocycles. The van der Waals surface area contributed by atoms with Gasteiger partial charge in [0.15, 0.2) is 0 Å². The van der Waals surface area contributed by atoms with Crippen molar-refractivity contribution < 1.29 is 10.2 Å². The van der Waals surface area contributed by atoms with Crippen LogP contribution >= 0.6 is 0 Å². The molecule has 0 saturated heterocycles. The molecule has 0 bridgehead atoms. The Morgan fingerprint density at radius 3 is 2.07 bits per heavy atom. The van der Waals surface area contributed by atoms with Crippen LogP contribution in [0.1, 0.15) is 41.0 Å². The van der Waals surface area contributed by atoms with Crippen molar-refractivity contribution in [3.63, 3.8) is 0 Å². The third-order valence-corrected chi connectivity index (χ3v) is 1.81. The Morgan fingerprint density at radius 1 is 1.36 bits per heavy atom. The van der Waals surface area contributed by atoms with Crippen molar-refractivity contribution in [3.05, 3.63) is 11.8 Å². The Kier molecular flexibility index (Phi) is 4.62. The highest BCUT2D eigenvalue weighted by atomic mass is 16.3. The third-order valence-electron chi connectivity index (χ3n) is 1.81. The normalized spacial score (nSPS) is 23.1. The molecule has 0 aromatic carbocycles. The number of aliphatic hydroxyl groups is 2. The molecule has 0 aromatic rings. The van der Waals surface area contributed by atoms with Gasteiger partial charge >= 0.3 is 0 Å². The standard InChI is InChI=1S/C9H17NO.C2H6O/c1-8(2)5-7(11)6-9(3,4)10-8;1-2-3/h5,10-11H,6H2,1-4H3;3H,2H2,1H3. The lowest BCUT2D eigenvalue weighted by Crippen LogP contribution is -2.54. The van der Waals surface area contributed by atoms with Gasteiger partial charge in [0.1, 0.15) is 0 Å². The summed E-state index contributed by atoms with van der Waals surface area (Å²) < 4.78 is 0. The SMILES string of the molecule is CC1(C)C=C(O)CC(C)(C)N1.CCO. The molecule has 0 unspecified atom stereocenters. The summed E-state index contributed by atoms with van der Waals surface area (Å²) in [6.45, 7) is 10.2. The van der Waals surface area contributed by atoms with Crippen molar-refractivity contribution in [1.29, 1.82) is 0 Å². The van der Waals surface area contributed by atoms with E-state index >= 15 is 0 Å². The molecule has 0 radical (unpaired) electrons. The zero-order chi connectivity index (χ0) is 11.4. The Labute approximate surface area is 86.8 Å². The molecule has 1 rings (SSSR count). The average molecular weight is 201 g/mol. The molecule has 0 spiro atoms. The Bertz CT molecular complexity index is 207. The average Bonchev–Trinajstić information content (AvgIpc) is 1.77. The second kappa shape index (κ2) is 4.80. The highest BCUT2D eigenvalue weighted by molar-refractivity contribution is 5.15. The minimum Gasteiger partial charge on any atom is -0.513 e. The summed E-state index contributed by atoms with van der Waals surface area (Å²) >= 11 is 0. The fourth-order valence-corrected chi connectivity index (χ4v) is 1.87. The van der Waals surface area contributed by atoms with Gasteiger partial charge in [-0.05, 0) is 40.7 Å². The molecule has 0 fully saturated rings. The molecule has 1 aliphatic heterocycles. The van der Waals surface area contributed by atoms with E-state index in [2.05, 4.69) is 33.0 Å². The molecule has 3 N–H and O–H groups in total. The van der Waals surface area contributed by atoms with Crippen LogP contribution in [-0.4, -0.2) is 27.9 Å². The van der Waals surface area contributed by atoms with Gasteiger partial charge in [-0.1, -0.05) is 0 Å². The number of nitrogens with one attached hydrogen (secondary N) is 1. The summed E-state index contributed by atoms with van der Waals surface area (Å²) in [5.41, 5.74) is -0.0613. The van der Waals surface area contributed by atoms with Crippen LogP contribution in [0.4, 0.5) is 0 Å². The molecule has 1 heterocycles. The maximum absolute atomic E-state index is 9.40. The van der Waals surface area contributed by atoms with Crippen LogP contribution in [0.5, 0.6) is 0 Å². The lowest BCUT2D eigenvalue weighted by atomic mass is 9.87. The van der Waals surface area contributed by atoms with Crippen molar-refractivity contribution in [2.75, 3.05) is 6.61 Å². The van der Waals surface area contributed by atoms with Crippen LogP contribution < -0.4 is 5.32 Å². The zero-order valence-corrected chi connectivity index (χ0v) is 9.89. The second-order valence-electron chi connectivity index (χ2n) is 4.86. The van der Waals surface area contributed by atoms with E-state index in [1.807, 2.05) is 6.08 Å². The van der Waals surface area contributed by atoms with Gasteiger partial charge in [-0.2, -0.15) is 0 Å². The minimum absolute atomic E-state index is 0.0162. The van der Waals surface area contributed by atoms with Crippen molar-refractivity contribution in [1.82, 2.24) is 5.32 Å². The summed E-state index contributed by atoms with van der Waals surface area (Å²) in [4.78, 5) is 0. The fourth-order valence-electron chi connectivity index (χ4n) is 1.87. The first-order valence-electron chi connectivity index (χ1n) is 5.03. The van der Waals surface area contributed by atoms with Crippen LogP contribution in [0.25, 0.3) is 0 Å². The Morgan fingerprint density at radius 2 is 1.79 bits per heavy atom. The highest BCUT2D eigenvalue weighted by Gasteiger charge is 2.31. The molecule has 14 heavy (non-hydrogen) atoms. The van der Waals surface area contributed by atoms with Crippen LogP contribution in [0, 0.1) is 0 Å². The van der Waals surface area contributed by atoms with Gasteiger partial charge in [-0.25, -0.2) is 0 Å². The van der Waals surface area contributed by atoms with Crippen LogP contribution in [-0.2, 0) is 0 Å². The number of aliphatic hydroxyl groups excluding tert-OH is 2. The third kappa shape index (κ3) is 5.25. The van der Waals surface area contributed by atoms with E-state index in [0.717, 1.165) is 6.42 Å². The predicted octanol–water partition coefficient (Wildman–Crippen LogP) is 1.98. The van der Waals surface area contributed by atoms with Crippen LogP contribution in [0.3, 0.4) is 0 Å². The van der Waals surface area contributed by atoms with Crippen molar-refractivity contribution in [2.24, 2.45) is 0 Å². The number of hydrogen-bond acceptors (Lipinski definition) is 3. The van der Waals surface area contributed by atoms with Crippen molar-refractivity contribution in [3.8, 4) is 0 Å². The van der Waals surface area contributed by atoms with Gasteiger partial charge in [0, 0.05) is 24.1 Å². The van der Waals surface area contributed by atoms with Gasteiger partial charge in [0.25, 0.3) is 0 Å². The first kappa shape index (κ1) is 13.5. The summed E-state index contributed by atoms with van der Waals surface area (Å²) in [5.74, 6) is 0.499. The second-order valence-corrected chi connectivity index (χ2v) is 4.86. The molecule has 3 heteroatoms. The first-order valence-corrected chi connectivity index (χ1v) is 5.03. The van der Waals surface area contributed by atoms with E-state index in [9.17, 15) is 5.11 Å². The zero-order valence-electron chi connectivity index (χ0n) is 9.89. The van der Waals surface area contributed by atoms with Crippen molar-refractivity contribution in [2.45, 2.75) is 52.1 Å². The van der Waals surface area contributed by atoms with E-state index in [1.165, 1.54) is 0 Å². The van der Waals surface area contributed by atoms with Gasteiger partial charge < -0.3 is 15.5 Å². The molecule has 0 aliphatic carbocycles. The maximum atomic E-state index is 9.40. The van der Waals surface area contributed by atoms with Gasteiger partial charge in [-0.3, -0.25) is 0 Å². The van der Waals surface area contributed by atoms with Crippen molar-refractivity contribution >= 4 is 0 Å². The van der Waals surface area contributed by atoms with Crippen LogP contribution in [0.15, 0.2) is 11.8 Å². The summed E-state index contributed by atoms with van der Waals surface area (Å²) in [7, 11) is 0. The number of rotatable bonds is 0. The molecule has 0 atom stereocenters. The summed E-state index contributed by atoms with van der Waals surface area (Å²) in [6, 6.07) is 0. The van der Waals surface area contributed by atoms with E-state index in [-0.39, 0.29) is 17.7 Å². The lowest BCUT2D eigenvalue weighted by molar-refractivity contribution is 0.229. The van der Waals surface area contributed by atoms with E-state index in [4.69, 9.17) is 5.11 Å². The highest BCUT2D eigenvalue weighted by Crippen LogP contribution is 2.25. The summed E-state index contributed by atoms with van der Waals surface area (Å²) in [5, 5.41) is 20.4. The van der Waals surface area contributed by atoms with E-state index < -0.39 is 0 Å². The topological polar surface area (TPSA) is 52.5 Å². The van der Waals surface area contributed by atoms with Crippen LogP contribution in [0.2, 0.25) is 0 Å². The quantitative estimate of drug-likeness (QED) is 0.561. The maximum Gasteiger partial charge on any atom is 0.0919 e. The molecular weight excluding hydrogens is 178 g/mol. The largest absolute Gasteiger partial charge is 0.513 e. The molecular formula is C11H23NO2. The first-order chi connectivity index (χ1) is 6.22. The molecule has 84 valence electrons. The van der Waals surface area contributed by atoms with E-state index in [1.54, 1.807) is 6.92 Å². The smallest absolute Gasteiger partial charge is 0.0919 e. The lowest BCUT2D eigenvalue weighted by Gasteiger charge is -2.39. The minimum atomic E-state index is -0.0775. The Balaban J connectivity index is 0.000000500. The molecule has 0 aromatic heterocycles. The predicted molar refractivity (Wildman–Crippen MR) is 59.4 cm³/mol. The summed E-state index contributed by atoms with van der Waals surface area (Å²) in [6.07, 6.45) is 2.59. The number of hydrogen-bond donors (Lipinski definition) is 3. The fraction of sp³-hybridized carbons (Fsp3) is 0.818.